The largest absolute Gasteiger partial charge is 0.495 e. The van der Waals surface area contributed by atoms with E-state index in [0.717, 1.165) is 5.56 Å². The van der Waals surface area contributed by atoms with E-state index >= 15 is 0 Å². The maximum Gasteiger partial charge on any atom is 0.247 e. The first-order valence-corrected chi connectivity index (χ1v) is 8.19. The minimum Gasteiger partial charge on any atom is -0.495 e. The second-order valence-electron chi connectivity index (χ2n) is 5.81. The van der Waals surface area contributed by atoms with Gasteiger partial charge in [0.15, 0.2) is 0 Å². The first-order chi connectivity index (χ1) is 9.67. The zero-order valence-electron chi connectivity index (χ0n) is 12.8. The zero-order chi connectivity index (χ0) is 15.8. The predicted molar refractivity (Wildman–Crippen MR) is 80.9 cm³/mol. The van der Waals surface area contributed by atoms with E-state index in [9.17, 15) is 8.42 Å². The van der Waals surface area contributed by atoms with Crippen molar-refractivity contribution in [2.75, 3.05) is 32.5 Å². The van der Waals surface area contributed by atoms with Gasteiger partial charge in [-0.2, -0.15) is 4.31 Å². The third-order valence-corrected chi connectivity index (χ3v) is 5.43. The van der Waals surface area contributed by atoms with Crippen LogP contribution in [0.3, 0.4) is 0 Å². The molecule has 0 atom stereocenters. The van der Waals surface area contributed by atoms with E-state index in [4.69, 9.17) is 15.2 Å². The Labute approximate surface area is 125 Å². The maximum absolute atomic E-state index is 12.9. The molecule has 0 aliphatic carbocycles. The second kappa shape index (κ2) is 5.47. The zero-order valence-corrected chi connectivity index (χ0v) is 13.7. The average Bonchev–Trinajstić information content (AvgIpc) is 2.40. The van der Waals surface area contributed by atoms with Crippen LogP contribution in [0.25, 0.3) is 0 Å². The highest BCUT2D eigenvalue weighted by molar-refractivity contribution is 7.89. The molecule has 1 aromatic carbocycles. The number of anilines is 1. The van der Waals surface area contributed by atoms with Crippen molar-refractivity contribution in [3.05, 3.63) is 17.7 Å². The average molecular weight is 314 g/mol. The standard InChI is InChI=1S/C14H22N2O4S/c1-10-7-12(19-4)13(8-11(10)15)21(17,18)16-5-6-20-14(2,3)9-16/h7-8H,5-6,9,15H2,1-4H3. The number of sulfonamides is 1. The molecule has 0 unspecified atom stereocenters. The molecule has 0 radical (unpaired) electrons. The van der Waals surface area contributed by atoms with E-state index in [2.05, 4.69) is 0 Å². The van der Waals surface area contributed by atoms with Gasteiger partial charge in [-0.1, -0.05) is 0 Å². The van der Waals surface area contributed by atoms with Gasteiger partial charge in [-0.15, -0.1) is 0 Å². The van der Waals surface area contributed by atoms with Crippen molar-refractivity contribution < 1.29 is 17.9 Å². The van der Waals surface area contributed by atoms with Crippen molar-refractivity contribution in [1.82, 2.24) is 4.31 Å². The van der Waals surface area contributed by atoms with Crippen LogP contribution in [-0.2, 0) is 14.8 Å². The van der Waals surface area contributed by atoms with E-state index in [1.807, 2.05) is 20.8 Å². The van der Waals surface area contributed by atoms with Gasteiger partial charge in [-0.05, 0) is 38.5 Å². The number of nitrogen functional groups attached to an aromatic ring is 1. The van der Waals surface area contributed by atoms with Crippen LogP contribution in [0, 0.1) is 6.92 Å². The third kappa shape index (κ3) is 3.14. The Morgan fingerprint density at radius 2 is 2.05 bits per heavy atom. The Balaban J connectivity index is 2.47. The molecule has 1 fully saturated rings. The molecule has 7 heteroatoms. The molecule has 6 nitrogen and oxygen atoms in total. The van der Waals surface area contributed by atoms with Crippen molar-refractivity contribution in [3.8, 4) is 5.75 Å². The molecule has 0 saturated carbocycles. The third-order valence-electron chi connectivity index (χ3n) is 3.56. The smallest absolute Gasteiger partial charge is 0.247 e. The van der Waals surface area contributed by atoms with Crippen molar-refractivity contribution in [1.29, 1.82) is 0 Å². The van der Waals surface area contributed by atoms with Crippen LogP contribution in [0.4, 0.5) is 5.69 Å². The number of rotatable bonds is 3. The summed E-state index contributed by atoms with van der Waals surface area (Å²) in [6.07, 6.45) is 0. The van der Waals surface area contributed by atoms with Crippen LogP contribution >= 0.6 is 0 Å². The van der Waals surface area contributed by atoms with Crippen LogP contribution in [0.5, 0.6) is 5.75 Å². The first-order valence-electron chi connectivity index (χ1n) is 6.75. The van der Waals surface area contributed by atoms with Crippen LogP contribution in [-0.4, -0.2) is 45.1 Å². The summed E-state index contributed by atoms with van der Waals surface area (Å²) in [4.78, 5) is 0.103. The van der Waals surface area contributed by atoms with Crippen LogP contribution in [0.2, 0.25) is 0 Å². The minimum absolute atomic E-state index is 0.103. The lowest BCUT2D eigenvalue weighted by Crippen LogP contribution is -2.50. The summed E-state index contributed by atoms with van der Waals surface area (Å²) < 4.78 is 37.9. The molecule has 21 heavy (non-hydrogen) atoms. The fourth-order valence-electron chi connectivity index (χ4n) is 2.36. The van der Waals surface area contributed by atoms with E-state index in [-0.39, 0.29) is 4.90 Å². The molecule has 2 rings (SSSR count). The normalized spacial score (nSPS) is 19.4. The summed E-state index contributed by atoms with van der Waals surface area (Å²) in [7, 11) is -2.22. The van der Waals surface area contributed by atoms with Gasteiger partial charge in [0.2, 0.25) is 10.0 Å². The lowest BCUT2D eigenvalue weighted by atomic mass is 10.1. The molecule has 1 saturated heterocycles. The highest BCUT2D eigenvalue weighted by Crippen LogP contribution is 2.32. The fourth-order valence-corrected chi connectivity index (χ4v) is 4.10. The highest BCUT2D eigenvalue weighted by Gasteiger charge is 2.36. The van der Waals surface area contributed by atoms with Gasteiger partial charge < -0.3 is 15.2 Å². The fraction of sp³-hybridized carbons (Fsp3) is 0.571. The van der Waals surface area contributed by atoms with Crippen LogP contribution < -0.4 is 10.5 Å². The lowest BCUT2D eigenvalue weighted by molar-refractivity contribution is -0.0640. The summed E-state index contributed by atoms with van der Waals surface area (Å²) in [5, 5.41) is 0. The quantitative estimate of drug-likeness (QED) is 0.853. The van der Waals surface area contributed by atoms with Crippen molar-refractivity contribution in [2.24, 2.45) is 0 Å². The number of ether oxygens (including phenoxy) is 2. The number of benzene rings is 1. The number of nitrogens with zero attached hydrogens (tertiary/aromatic N) is 1. The molecule has 1 heterocycles. The van der Waals surface area contributed by atoms with Gasteiger partial charge in [0.1, 0.15) is 10.6 Å². The van der Waals surface area contributed by atoms with Crippen molar-refractivity contribution >= 4 is 15.7 Å². The topological polar surface area (TPSA) is 81.9 Å². The molecule has 0 bridgehead atoms. The first kappa shape index (κ1) is 16.1. The summed E-state index contributed by atoms with van der Waals surface area (Å²) in [6.45, 7) is 6.54. The Hall–Kier alpha value is -1.31. The molecule has 1 aliphatic heterocycles. The molecular formula is C14H22N2O4S. The predicted octanol–water partition coefficient (Wildman–Crippen LogP) is 1.39. The number of nitrogens with two attached hydrogens (primary N) is 1. The minimum atomic E-state index is -3.67. The van der Waals surface area contributed by atoms with Crippen molar-refractivity contribution in [3.63, 3.8) is 0 Å². The van der Waals surface area contributed by atoms with E-state index < -0.39 is 15.6 Å². The van der Waals surface area contributed by atoms with E-state index in [1.54, 1.807) is 6.07 Å². The highest BCUT2D eigenvalue weighted by atomic mass is 32.2. The molecular weight excluding hydrogens is 292 g/mol. The summed E-state index contributed by atoms with van der Waals surface area (Å²) in [5.74, 6) is 0.311. The number of hydrogen-bond donors (Lipinski definition) is 1. The Morgan fingerprint density at radius 1 is 1.38 bits per heavy atom. The van der Waals surface area contributed by atoms with Gasteiger partial charge >= 0.3 is 0 Å². The second-order valence-corrected chi connectivity index (χ2v) is 7.71. The SMILES string of the molecule is COc1cc(C)c(N)cc1S(=O)(=O)N1CCOC(C)(C)C1. The molecule has 2 N–H and O–H groups in total. The molecule has 0 spiro atoms. The van der Waals surface area contributed by atoms with E-state index in [0.29, 0.717) is 31.1 Å². The van der Waals surface area contributed by atoms with Crippen LogP contribution in [0.1, 0.15) is 19.4 Å². The van der Waals surface area contributed by atoms with Gasteiger partial charge in [0.05, 0.1) is 19.3 Å². The molecule has 118 valence electrons. The maximum atomic E-state index is 12.9. The van der Waals surface area contributed by atoms with E-state index in [1.165, 1.54) is 17.5 Å². The summed E-state index contributed by atoms with van der Waals surface area (Å²) in [5.41, 5.74) is 6.57. The lowest BCUT2D eigenvalue weighted by Gasteiger charge is -2.37. The monoisotopic (exact) mass is 314 g/mol. The van der Waals surface area contributed by atoms with Crippen LogP contribution in [0.15, 0.2) is 17.0 Å². The number of morpholine rings is 1. The molecule has 1 aliphatic rings. The molecule has 0 aromatic heterocycles. The Kier molecular flexibility index (Phi) is 4.19. The molecule has 1 aromatic rings. The van der Waals surface area contributed by atoms with Gasteiger partial charge in [0, 0.05) is 18.8 Å². The number of hydrogen-bond acceptors (Lipinski definition) is 5. The Morgan fingerprint density at radius 3 is 2.62 bits per heavy atom. The van der Waals surface area contributed by atoms with Crippen molar-refractivity contribution in [2.45, 2.75) is 31.3 Å². The van der Waals surface area contributed by atoms with Gasteiger partial charge in [0.25, 0.3) is 0 Å². The number of methoxy groups -OCH3 is 1. The van der Waals surface area contributed by atoms with Gasteiger partial charge in [-0.25, -0.2) is 8.42 Å². The number of aryl methyl sites for hydroxylation is 1. The summed E-state index contributed by atoms with van der Waals surface area (Å²) in [6, 6.07) is 3.11. The van der Waals surface area contributed by atoms with Gasteiger partial charge in [-0.3, -0.25) is 0 Å². The molecule has 0 amide bonds. The Bertz CT molecular complexity index is 641. The summed E-state index contributed by atoms with van der Waals surface area (Å²) >= 11 is 0.